The molecule has 0 saturated carbocycles. The number of hydrogen-bond acceptors (Lipinski definition) is 3. The van der Waals surface area contributed by atoms with Gasteiger partial charge in [-0.2, -0.15) is 0 Å². The first-order valence-electron chi connectivity index (χ1n) is 8.46. The summed E-state index contributed by atoms with van der Waals surface area (Å²) in [5.41, 5.74) is 5.17. The van der Waals surface area contributed by atoms with Gasteiger partial charge in [0.2, 0.25) is 0 Å². The Balaban J connectivity index is 1.83. The normalized spacial score (nSPS) is 30.9. The molecule has 5 rings (SSSR count). The summed E-state index contributed by atoms with van der Waals surface area (Å²) < 4.78 is 7.78. The first-order valence-corrected chi connectivity index (χ1v) is 8.46. The van der Waals surface area contributed by atoms with Crippen LogP contribution in [0.1, 0.15) is 36.7 Å². The molecule has 3 unspecified atom stereocenters. The standard InChI is InChI=1S/C19H20N2O2/c1-2-11-10-23-19(22)18-14(11)9-15-17-13(7-8-20-15)12-5-3-4-6-16(12)21(17)18/h2-6,14-15,18,20H,7-10H2,1H3/b11-2+. The second-order valence-corrected chi connectivity index (χ2v) is 6.77. The zero-order valence-corrected chi connectivity index (χ0v) is 13.2. The van der Waals surface area contributed by atoms with Gasteiger partial charge in [-0.05, 0) is 43.5 Å². The Hall–Kier alpha value is -2.07. The van der Waals surface area contributed by atoms with Crippen molar-refractivity contribution in [3.8, 4) is 0 Å². The molecule has 4 heteroatoms. The lowest BCUT2D eigenvalue weighted by Gasteiger charge is -2.43. The van der Waals surface area contributed by atoms with Crippen molar-refractivity contribution >= 4 is 16.9 Å². The van der Waals surface area contributed by atoms with E-state index in [1.54, 1.807) is 0 Å². The lowest BCUT2D eigenvalue weighted by Crippen LogP contribution is -2.45. The number of nitrogens with one attached hydrogen (secondary N) is 1. The zero-order valence-electron chi connectivity index (χ0n) is 13.2. The summed E-state index contributed by atoms with van der Waals surface area (Å²) in [6.07, 6.45) is 4.15. The van der Waals surface area contributed by atoms with Crippen LogP contribution in [0, 0.1) is 5.92 Å². The molecule has 0 aliphatic carbocycles. The highest BCUT2D eigenvalue weighted by atomic mass is 16.5. The van der Waals surface area contributed by atoms with Gasteiger partial charge in [0.15, 0.2) is 0 Å². The van der Waals surface area contributed by atoms with Crippen LogP contribution < -0.4 is 5.32 Å². The van der Waals surface area contributed by atoms with E-state index in [2.05, 4.69) is 47.1 Å². The number of aromatic nitrogens is 1. The predicted octanol–water partition coefficient (Wildman–Crippen LogP) is 2.89. The number of esters is 1. The number of ether oxygens (including phenoxy) is 1. The van der Waals surface area contributed by atoms with Gasteiger partial charge in [0.1, 0.15) is 12.6 Å². The Kier molecular flexibility index (Phi) is 2.74. The number of rotatable bonds is 0. The van der Waals surface area contributed by atoms with Gasteiger partial charge in [-0.15, -0.1) is 0 Å². The molecule has 3 aliphatic heterocycles. The Bertz CT molecular complexity index is 848. The second kappa shape index (κ2) is 4.71. The highest BCUT2D eigenvalue weighted by Crippen LogP contribution is 2.48. The Morgan fingerprint density at radius 3 is 3.09 bits per heavy atom. The summed E-state index contributed by atoms with van der Waals surface area (Å²) in [4.78, 5) is 12.6. The third kappa shape index (κ3) is 1.67. The van der Waals surface area contributed by atoms with E-state index in [9.17, 15) is 4.79 Å². The predicted molar refractivity (Wildman–Crippen MR) is 88.2 cm³/mol. The van der Waals surface area contributed by atoms with Crippen LogP contribution in [-0.4, -0.2) is 23.7 Å². The Labute approximate surface area is 135 Å². The van der Waals surface area contributed by atoms with Gasteiger partial charge in [0.25, 0.3) is 0 Å². The van der Waals surface area contributed by atoms with Gasteiger partial charge in [-0.25, -0.2) is 4.79 Å². The number of para-hydroxylation sites is 1. The number of hydrogen-bond donors (Lipinski definition) is 1. The van der Waals surface area contributed by atoms with Gasteiger partial charge >= 0.3 is 5.97 Å². The third-order valence-corrected chi connectivity index (χ3v) is 5.77. The second-order valence-electron chi connectivity index (χ2n) is 6.77. The van der Waals surface area contributed by atoms with Gasteiger partial charge in [0.05, 0.1) is 0 Å². The van der Waals surface area contributed by atoms with E-state index in [-0.39, 0.29) is 17.9 Å². The average Bonchev–Trinajstić information content (AvgIpc) is 2.92. The van der Waals surface area contributed by atoms with Crippen LogP contribution in [0.3, 0.4) is 0 Å². The molecule has 2 aromatic rings. The van der Waals surface area contributed by atoms with Crippen molar-refractivity contribution in [2.24, 2.45) is 5.92 Å². The minimum absolute atomic E-state index is 0.0758. The molecule has 118 valence electrons. The molecule has 0 bridgehead atoms. The van der Waals surface area contributed by atoms with Crippen molar-refractivity contribution in [1.29, 1.82) is 0 Å². The number of carbonyl (C=O) groups excluding carboxylic acids is 1. The lowest BCUT2D eigenvalue weighted by atomic mass is 9.78. The van der Waals surface area contributed by atoms with E-state index < -0.39 is 0 Å². The van der Waals surface area contributed by atoms with E-state index in [0.29, 0.717) is 12.6 Å². The minimum Gasteiger partial charge on any atom is -0.460 e. The third-order valence-electron chi connectivity index (χ3n) is 5.77. The quantitative estimate of drug-likeness (QED) is 0.601. The maximum absolute atomic E-state index is 12.6. The van der Waals surface area contributed by atoms with Crippen LogP contribution >= 0.6 is 0 Å². The summed E-state index contributed by atoms with van der Waals surface area (Å²) >= 11 is 0. The van der Waals surface area contributed by atoms with Crippen LogP contribution in [0.2, 0.25) is 0 Å². The molecule has 1 saturated heterocycles. The molecule has 4 heterocycles. The molecule has 0 radical (unpaired) electrons. The first-order chi connectivity index (χ1) is 11.3. The van der Waals surface area contributed by atoms with Crippen molar-refractivity contribution in [2.75, 3.05) is 13.2 Å². The number of allylic oxidation sites excluding steroid dienone is 1. The van der Waals surface area contributed by atoms with Crippen molar-refractivity contribution in [3.05, 3.63) is 47.2 Å². The fraction of sp³-hybridized carbons (Fsp3) is 0.421. The van der Waals surface area contributed by atoms with E-state index in [0.717, 1.165) is 19.4 Å². The molecule has 0 spiro atoms. The monoisotopic (exact) mass is 308 g/mol. The van der Waals surface area contributed by atoms with E-state index in [1.165, 1.54) is 27.7 Å². The van der Waals surface area contributed by atoms with Gasteiger partial charge < -0.3 is 14.6 Å². The molecule has 3 aliphatic rings. The molecular formula is C19H20N2O2. The van der Waals surface area contributed by atoms with E-state index in [4.69, 9.17) is 4.74 Å². The Morgan fingerprint density at radius 1 is 1.35 bits per heavy atom. The summed E-state index contributed by atoms with van der Waals surface area (Å²) in [6, 6.07) is 8.62. The highest BCUT2D eigenvalue weighted by Gasteiger charge is 2.46. The number of nitrogens with zero attached hydrogens (tertiary/aromatic N) is 1. The van der Waals surface area contributed by atoms with Crippen molar-refractivity contribution in [3.63, 3.8) is 0 Å². The maximum atomic E-state index is 12.6. The van der Waals surface area contributed by atoms with Gasteiger partial charge in [0, 0.05) is 28.6 Å². The topological polar surface area (TPSA) is 43.3 Å². The van der Waals surface area contributed by atoms with Crippen LogP contribution in [0.15, 0.2) is 35.9 Å². The fourth-order valence-corrected chi connectivity index (χ4v) is 4.79. The highest BCUT2D eigenvalue weighted by molar-refractivity contribution is 5.89. The minimum atomic E-state index is -0.209. The summed E-state index contributed by atoms with van der Waals surface area (Å²) in [7, 11) is 0. The smallest absolute Gasteiger partial charge is 0.330 e. The Morgan fingerprint density at radius 2 is 2.22 bits per heavy atom. The van der Waals surface area contributed by atoms with Crippen LogP contribution in [-0.2, 0) is 16.0 Å². The molecule has 4 nitrogen and oxygen atoms in total. The molecule has 23 heavy (non-hydrogen) atoms. The zero-order chi connectivity index (χ0) is 15.6. The SMILES string of the molecule is C/C=C1\COC(=O)C2C1CC1NCCc3c1n2c1ccccc31. The van der Waals surface area contributed by atoms with Crippen molar-refractivity contribution in [1.82, 2.24) is 9.88 Å². The molecule has 3 atom stereocenters. The van der Waals surface area contributed by atoms with Crippen molar-refractivity contribution in [2.45, 2.75) is 31.8 Å². The van der Waals surface area contributed by atoms with E-state index in [1.807, 2.05) is 0 Å². The average molecular weight is 308 g/mol. The van der Waals surface area contributed by atoms with Crippen molar-refractivity contribution < 1.29 is 9.53 Å². The number of fused-ring (bicyclic) bond motifs is 5. The number of benzene rings is 1. The number of carbonyl (C=O) groups is 1. The number of cyclic esters (lactones) is 1. The van der Waals surface area contributed by atoms with Crippen LogP contribution in [0.4, 0.5) is 0 Å². The van der Waals surface area contributed by atoms with Crippen LogP contribution in [0.25, 0.3) is 10.9 Å². The molecule has 1 N–H and O–H groups in total. The largest absolute Gasteiger partial charge is 0.460 e. The van der Waals surface area contributed by atoms with Gasteiger partial charge in [-0.1, -0.05) is 24.3 Å². The fourth-order valence-electron chi connectivity index (χ4n) is 4.79. The summed E-state index contributed by atoms with van der Waals surface area (Å²) in [5.74, 6) is 0.168. The van der Waals surface area contributed by atoms with Crippen LogP contribution in [0.5, 0.6) is 0 Å². The molecule has 1 aromatic carbocycles. The molecule has 1 fully saturated rings. The van der Waals surface area contributed by atoms with Gasteiger partial charge in [-0.3, -0.25) is 0 Å². The molecule has 1 aromatic heterocycles. The molecular weight excluding hydrogens is 288 g/mol. The van der Waals surface area contributed by atoms with E-state index >= 15 is 0 Å². The summed E-state index contributed by atoms with van der Waals surface area (Å²) in [5, 5.41) is 4.97. The summed E-state index contributed by atoms with van der Waals surface area (Å²) in [6.45, 7) is 3.51. The maximum Gasteiger partial charge on any atom is 0.330 e. The molecule has 0 amide bonds. The first kappa shape index (κ1) is 13.4. The lowest BCUT2D eigenvalue weighted by molar-refractivity contribution is -0.152.